The van der Waals surface area contributed by atoms with Gasteiger partial charge in [0.05, 0.1) is 11.8 Å². The summed E-state index contributed by atoms with van der Waals surface area (Å²) in [5.41, 5.74) is 3.59. The second-order valence-electron chi connectivity index (χ2n) is 4.85. The second kappa shape index (κ2) is 6.46. The van der Waals surface area contributed by atoms with Gasteiger partial charge in [0.15, 0.2) is 0 Å². The lowest BCUT2D eigenvalue weighted by molar-refractivity contribution is 0.0955. The predicted octanol–water partition coefficient (Wildman–Crippen LogP) is 2.95. The molecule has 2 aromatic carbocycles. The normalized spacial score (nSPS) is 11.0. The molecule has 1 aromatic heterocycles. The Hall–Kier alpha value is -2.92. The van der Waals surface area contributed by atoms with Crippen LogP contribution in [0.1, 0.15) is 15.9 Å². The summed E-state index contributed by atoms with van der Waals surface area (Å²) in [6.07, 6.45) is 1.31. The number of H-pyrrole nitrogens is 1. The Morgan fingerprint density at radius 2 is 1.96 bits per heavy atom. The molecule has 3 aromatic rings. The van der Waals surface area contributed by atoms with E-state index in [2.05, 4.69) is 15.5 Å². The Bertz CT molecular complexity index is 963. The number of rotatable bonds is 3. The van der Waals surface area contributed by atoms with Gasteiger partial charge in [0.1, 0.15) is 0 Å². The van der Waals surface area contributed by atoms with Crippen LogP contribution in [0.25, 0.3) is 10.9 Å². The number of halogens is 1. The van der Waals surface area contributed by atoms with Crippen LogP contribution in [0, 0.1) is 0 Å². The van der Waals surface area contributed by atoms with Gasteiger partial charge < -0.3 is 4.98 Å². The average Bonchev–Trinajstić information content (AvgIpc) is 2.55. The molecule has 2 N–H and O–H groups in total. The lowest BCUT2D eigenvalue weighted by Gasteiger charge is -2.01. The van der Waals surface area contributed by atoms with E-state index in [1.165, 1.54) is 12.3 Å². The van der Waals surface area contributed by atoms with Crippen molar-refractivity contribution >= 4 is 34.6 Å². The quantitative estimate of drug-likeness (QED) is 0.574. The molecule has 23 heavy (non-hydrogen) atoms. The SMILES string of the molecule is O=C(NN=Cc1cc2ccccc2[nH]c1=O)c1cccc(Cl)c1. The number of carbonyl (C=O) groups excluding carboxylic acids is 1. The van der Waals surface area contributed by atoms with Crippen molar-refractivity contribution in [1.29, 1.82) is 0 Å². The molecule has 114 valence electrons. The van der Waals surface area contributed by atoms with Crippen LogP contribution in [-0.4, -0.2) is 17.1 Å². The van der Waals surface area contributed by atoms with Gasteiger partial charge in [-0.1, -0.05) is 35.9 Å². The van der Waals surface area contributed by atoms with Crippen LogP contribution in [0.4, 0.5) is 0 Å². The first-order valence-corrected chi connectivity index (χ1v) is 7.22. The molecule has 0 unspecified atom stereocenters. The molecule has 3 rings (SSSR count). The maximum atomic E-state index is 11.9. The topological polar surface area (TPSA) is 74.3 Å². The van der Waals surface area contributed by atoms with Crippen molar-refractivity contribution in [3.63, 3.8) is 0 Å². The third-order valence-corrected chi connectivity index (χ3v) is 3.47. The molecule has 0 saturated carbocycles. The van der Waals surface area contributed by atoms with E-state index in [9.17, 15) is 9.59 Å². The third kappa shape index (κ3) is 3.46. The highest BCUT2D eigenvalue weighted by Gasteiger charge is 2.04. The van der Waals surface area contributed by atoms with Gasteiger partial charge in [0.2, 0.25) is 0 Å². The number of aromatic amines is 1. The van der Waals surface area contributed by atoms with Crippen molar-refractivity contribution in [3.05, 3.63) is 81.1 Å². The van der Waals surface area contributed by atoms with Crippen molar-refractivity contribution in [2.45, 2.75) is 0 Å². The van der Waals surface area contributed by atoms with E-state index in [4.69, 9.17) is 11.6 Å². The molecule has 0 aliphatic heterocycles. The van der Waals surface area contributed by atoms with Gasteiger partial charge in [-0.2, -0.15) is 5.10 Å². The van der Waals surface area contributed by atoms with Crippen molar-refractivity contribution < 1.29 is 4.79 Å². The summed E-state index contributed by atoms with van der Waals surface area (Å²) in [6, 6.07) is 15.6. The first kappa shape index (κ1) is 15.0. The van der Waals surface area contributed by atoms with Crippen LogP contribution in [-0.2, 0) is 0 Å². The fourth-order valence-corrected chi connectivity index (χ4v) is 2.31. The molecule has 1 heterocycles. The monoisotopic (exact) mass is 325 g/mol. The standard InChI is InChI=1S/C17H12ClN3O2/c18-14-6-3-5-12(9-14)17(23)21-19-10-13-8-11-4-1-2-7-15(11)20-16(13)22/h1-10H,(H,20,22)(H,21,23). The van der Waals surface area contributed by atoms with E-state index >= 15 is 0 Å². The van der Waals surface area contributed by atoms with Crippen molar-refractivity contribution in [3.8, 4) is 0 Å². The van der Waals surface area contributed by atoms with E-state index in [1.807, 2.05) is 24.3 Å². The summed E-state index contributed by atoms with van der Waals surface area (Å²) in [6.45, 7) is 0. The van der Waals surface area contributed by atoms with Crippen molar-refractivity contribution in [1.82, 2.24) is 10.4 Å². The van der Waals surface area contributed by atoms with Gasteiger partial charge in [-0.15, -0.1) is 0 Å². The van der Waals surface area contributed by atoms with Gasteiger partial charge in [0.25, 0.3) is 11.5 Å². The highest BCUT2D eigenvalue weighted by molar-refractivity contribution is 6.30. The number of nitrogens with one attached hydrogen (secondary N) is 2. The highest BCUT2D eigenvalue weighted by atomic mass is 35.5. The minimum atomic E-state index is -0.402. The largest absolute Gasteiger partial charge is 0.321 e. The zero-order valence-electron chi connectivity index (χ0n) is 11.9. The van der Waals surface area contributed by atoms with Gasteiger partial charge in [-0.25, -0.2) is 5.43 Å². The number of amides is 1. The molecule has 0 aliphatic rings. The van der Waals surface area contributed by atoms with E-state index < -0.39 is 5.91 Å². The molecule has 0 radical (unpaired) electrons. The number of hydrazone groups is 1. The van der Waals surface area contributed by atoms with Crippen LogP contribution in [0.5, 0.6) is 0 Å². The van der Waals surface area contributed by atoms with E-state index in [0.29, 0.717) is 16.1 Å². The van der Waals surface area contributed by atoms with Crippen LogP contribution in [0.15, 0.2) is 64.5 Å². The van der Waals surface area contributed by atoms with Crippen molar-refractivity contribution in [2.75, 3.05) is 0 Å². The summed E-state index contributed by atoms with van der Waals surface area (Å²) in [7, 11) is 0. The molecule has 5 nitrogen and oxygen atoms in total. The molecule has 0 aliphatic carbocycles. The number of pyridine rings is 1. The van der Waals surface area contributed by atoms with E-state index in [0.717, 1.165) is 10.9 Å². The maximum absolute atomic E-state index is 11.9. The number of aromatic nitrogens is 1. The smallest absolute Gasteiger partial charge is 0.271 e. The average molecular weight is 326 g/mol. The Kier molecular flexibility index (Phi) is 4.21. The summed E-state index contributed by atoms with van der Waals surface area (Å²) in [5.74, 6) is -0.402. The van der Waals surface area contributed by atoms with Gasteiger partial charge >= 0.3 is 0 Å². The zero-order chi connectivity index (χ0) is 16.2. The van der Waals surface area contributed by atoms with Crippen LogP contribution >= 0.6 is 11.6 Å². The molecule has 0 spiro atoms. The Morgan fingerprint density at radius 3 is 2.78 bits per heavy atom. The fraction of sp³-hybridized carbons (Fsp3) is 0. The van der Waals surface area contributed by atoms with Crippen molar-refractivity contribution in [2.24, 2.45) is 5.10 Å². The summed E-state index contributed by atoms with van der Waals surface area (Å²) in [4.78, 5) is 26.6. The minimum Gasteiger partial charge on any atom is -0.321 e. The Labute approximate surface area is 136 Å². The van der Waals surface area contributed by atoms with Crippen LogP contribution in [0.3, 0.4) is 0 Å². The number of fused-ring (bicyclic) bond motifs is 1. The lowest BCUT2D eigenvalue weighted by Crippen LogP contribution is -2.19. The third-order valence-electron chi connectivity index (χ3n) is 3.24. The van der Waals surface area contributed by atoms with E-state index in [1.54, 1.807) is 24.3 Å². The maximum Gasteiger partial charge on any atom is 0.271 e. The summed E-state index contributed by atoms with van der Waals surface area (Å²) in [5, 5.41) is 5.18. The number of hydrogen-bond acceptors (Lipinski definition) is 3. The molecule has 0 fully saturated rings. The number of hydrogen-bond donors (Lipinski definition) is 2. The predicted molar refractivity (Wildman–Crippen MR) is 91.1 cm³/mol. The fourth-order valence-electron chi connectivity index (χ4n) is 2.11. The lowest BCUT2D eigenvalue weighted by atomic mass is 10.2. The van der Waals surface area contributed by atoms with Gasteiger partial charge in [-0.3, -0.25) is 9.59 Å². The highest BCUT2D eigenvalue weighted by Crippen LogP contribution is 2.11. The molecule has 0 atom stereocenters. The molecule has 0 saturated heterocycles. The Balaban J connectivity index is 1.79. The molecular formula is C17H12ClN3O2. The van der Waals surface area contributed by atoms with E-state index in [-0.39, 0.29) is 5.56 Å². The van der Waals surface area contributed by atoms with Gasteiger partial charge in [0, 0.05) is 16.1 Å². The summed E-state index contributed by atoms with van der Waals surface area (Å²) >= 11 is 5.83. The number of carbonyl (C=O) groups is 1. The number of nitrogens with zero attached hydrogens (tertiary/aromatic N) is 1. The molecule has 6 heteroatoms. The second-order valence-corrected chi connectivity index (χ2v) is 5.29. The Morgan fingerprint density at radius 1 is 1.13 bits per heavy atom. The molecular weight excluding hydrogens is 314 g/mol. The molecule has 0 bridgehead atoms. The summed E-state index contributed by atoms with van der Waals surface area (Å²) < 4.78 is 0. The first-order valence-electron chi connectivity index (χ1n) is 6.84. The number of para-hydroxylation sites is 1. The first-order chi connectivity index (χ1) is 11.1. The zero-order valence-corrected chi connectivity index (χ0v) is 12.7. The van der Waals surface area contributed by atoms with Crippen LogP contribution < -0.4 is 11.0 Å². The number of benzene rings is 2. The van der Waals surface area contributed by atoms with Crippen LogP contribution in [0.2, 0.25) is 5.02 Å². The minimum absolute atomic E-state index is 0.274. The van der Waals surface area contributed by atoms with Gasteiger partial charge in [-0.05, 0) is 35.7 Å². The molecule has 1 amide bonds.